The van der Waals surface area contributed by atoms with Gasteiger partial charge in [-0.25, -0.2) is 0 Å². The van der Waals surface area contributed by atoms with Crippen LogP contribution in [-0.2, 0) is 4.79 Å². The minimum absolute atomic E-state index is 0.0107. The molecule has 5 nitrogen and oxygen atoms in total. The van der Waals surface area contributed by atoms with Gasteiger partial charge in [-0.1, -0.05) is 0 Å². The summed E-state index contributed by atoms with van der Waals surface area (Å²) in [5.41, 5.74) is 0.724. The monoisotopic (exact) mass is 346 g/mol. The largest absolute Gasteiger partial charge is 0.497 e. The molecule has 1 saturated heterocycles. The lowest BCUT2D eigenvalue weighted by Gasteiger charge is -2.38. The minimum atomic E-state index is -0.315. The maximum Gasteiger partial charge on any atom is 0.220 e. The molecule has 2 aliphatic heterocycles. The first-order chi connectivity index (χ1) is 11.9. The topological polar surface area (TPSA) is 50.8 Å². The zero-order valence-electron chi connectivity index (χ0n) is 15.8. The number of carbonyl (C=O) groups is 1. The van der Waals surface area contributed by atoms with Crippen molar-refractivity contribution in [2.45, 2.75) is 51.2 Å². The molecule has 1 aromatic rings. The minimum Gasteiger partial charge on any atom is -0.497 e. The second-order valence-corrected chi connectivity index (χ2v) is 8.04. The molecule has 138 valence electrons. The van der Waals surface area contributed by atoms with Crippen LogP contribution in [0.5, 0.6) is 11.5 Å². The molecule has 0 aromatic heterocycles. The SMILES string of the molecule is COc1ccc2c(c1)OC(C)(C)C[C@@H]2NC(=O)CC1CCN(C)CC1. The van der Waals surface area contributed by atoms with Crippen molar-refractivity contribution in [2.75, 3.05) is 27.2 Å². The Morgan fingerprint density at radius 1 is 1.36 bits per heavy atom. The Hall–Kier alpha value is -1.75. The van der Waals surface area contributed by atoms with Crippen molar-refractivity contribution in [3.63, 3.8) is 0 Å². The predicted molar refractivity (Wildman–Crippen MR) is 98.0 cm³/mol. The predicted octanol–water partition coefficient (Wildman–Crippen LogP) is 3.15. The molecule has 2 heterocycles. The number of fused-ring (bicyclic) bond motifs is 1. The first-order valence-electron chi connectivity index (χ1n) is 9.21. The Morgan fingerprint density at radius 3 is 2.76 bits per heavy atom. The number of carbonyl (C=O) groups excluding carboxylic acids is 1. The van der Waals surface area contributed by atoms with Gasteiger partial charge < -0.3 is 19.7 Å². The van der Waals surface area contributed by atoms with Crippen molar-refractivity contribution in [3.8, 4) is 11.5 Å². The summed E-state index contributed by atoms with van der Waals surface area (Å²) in [4.78, 5) is 14.9. The average Bonchev–Trinajstić information content (AvgIpc) is 2.55. The molecule has 5 heteroatoms. The molecule has 0 radical (unpaired) electrons. The highest BCUT2D eigenvalue weighted by atomic mass is 16.5. The molecule has 0 aliphatic carbocycles. The summed E-state index contributed by atoms with van der Waals surface area (Å²) >= 11 is 0. The van der Waals surface area contributed by atoms with Gasteiger partial charge in [-0.15, -0.1) is 0 Å². The van der Waals surface area contributed by atoms with Crippen LogP contribution in [0.1, 0.15) is 51.1 Å². The number of benzene rings is 1. The smallest absolute Gasteiger partial charge is 0.220 e. The fraction of sp³-hybridized carbons (Fsp3) is 0.650. The number of likely N-dealkylation sites (tertiary alicyclic amines) is 1. The highest BCUT2D eigenvalue weighted by Gasteiger charge is 2.35. The Labute approximate surface area is 150 Å². The van der Waals surface area contributed by atoms with Gasteiger partial charge in [-0.2, -0.15) is 0 Å². The van der Waals surface area contributed by atoms with Gasteiger partial charge >= 0.3 is 0 Å². The second kappa shape index (κ2) is 7.24. The van der Waals surface area contributed by atoms with Crippen LogP contribution in [0.4, 0.5) is 0 Å². The van der Waals surface area contributed by atoms with Gasteiger partial charge in [0.25, 0.3) is 0 Å². The van der Waals surface area contributed by atoms with E-state index in [2.05, 4.69) is 31.1 Å². The van der Waals surface area contributed by atoms with Gasteiger partial charge in [-0.05, 0) is 64.9 Å². The summed E-state index contributed by atoms with van der Waals surface area (Å²) in [6.45, 7) is 6.30. The average molecular weight is 346 g/mol. The number of nitrogens with one attached hydrogen (secondary N) is 1. The van der Waals surface area contributed by atoms with Crippen LogP contribution < -0.4 is 14.8 Å². The van der Waals surface area contributed by atoms with E-state index in [1.807, 2.05) is 18.2 Å². The number of rotatable bonds is 4. The molecule has 1 amide bonds. The number of nitrogens with zero attached hydrogens (tertiary/aromatic N) is 1. The van der Waals surface area contributed by atoms with Crippen molar-refractivity contribution in [2.24, 2.45) is 5.92 Å². The van der Waals surface area contributed by atoms with E-state index in [0.29, 0.717) is 12.3 Å². The second-order valence-electron chi connectivity index (χ2n) is 8.04. The maximum atomic E-state index is 12.6. The van der Waals surface area contributed by atoms with E-state index in [1.165, 1.54) is 0 Å². The van der Waals surface area contributed by atoms with Crippen LogP contribution in [0.2, 0.25) is 0 Å². The fourth-order valence-corrected chi connectivity index (χ4v) is 3.87. The van der Waals surface area contributed by atoms with Crippen molar-refractivity contribution < 1.29 is 14.3 Å². The van der Waals surface area contributed by atoms with E-state index in [1.54, 1.807) is 7.11 Å². The molecule has 0 unspecified atom stereocenters. The van der Waals surface area contributed by atoms with Crippen molar-refractivity contribution in [1.82, 2.24) is 10.2 Å². The Bertz CT molecular complexity index is 621. The van der Waals surface area contributed by atoms with E-state index in [0.717, 1.165) is 49.4 Å². The van der Waals surface area contributed by atoms with Gasteiger partial charge in [0.15, 0.2) is 0 Å². The van der Waals surface area contributed by atoms with Gasteiger partial charge in [0.2, 0.25) is 5.91 Å². The third-order valence-corrected chi connectivity index (χ3v) is 5.33. The third-order valence-electron chi connectivity index (χ3n) is 5.33. The molecule has 1 aromatic carbocycles. The number of piperidine rings is 1. The molecule has 1 N–H and O–H groups in total. The molecule has 0 saturated carbocycles. The number of ether oxygens (including phenoxy) is 2. The summed E-state index contributed by atoms with van der Waals surface area (Å²) < 4.78 is 11.4. The lowest BCUT2D eigenvalue weighted by Crippen LogP contribution is -2.42. The molecular weight excluding hydrogens is 316 g/mol. The number of hydrogen-bond donors (Lipinski definition) is 1. The van der Waals surface area contributed by atoms with E-state index in [9.17, 15) is 4.79 Å². The van der Waals surface area contributed by atoms with E-state index in [-0.39, 0.29) is 17.6 Å². The number of amides is 1. The van der Waals surface area contributed by atoms with Crippen LogP contribution in [0.3, 0.4) is 0 Å². The third kappa shape index (κ3) is 4.46. The Kier molecular flexibility index (Phi) is 5.23. The van der Waals surface area contributed by atoms with Gasteiger partial charge in [0.05, 0.1) is 13.2 Å². The quantitative estimate of drug-likeness (QED) is 0.910. The van der Waals surface area contributed by atoms with Crippen molar-refractivity contribution in [3.05, 3.63) is 23.8 Å². The zero-order chi connectivity index (χ0) is 18.0. The van der Waals surface area contributed by atoms with Crippen molar-refractivity contribution >= 4 is 5.91 Å². The number of hydrogen-bond acceptors (Lipinski definition) is 4. The molecule has 3 rings (SSSR count). The van der Waals surface area contributed by atoms with Crippen LogP contribution in [0.25, 0.3) is 0 Å². The van der Waals surface area contributed by atoms with Crippen LogP contribution in [-0.4, -0.2) is 43.7 Å². The summed E-state index contributed by atoms with van der Waals surface area (Å²) in [7, 11) is 3.79. The van der Waals surface area contributed by atoms with E-state index < -0.39 is 0 Å². The summed E-state index contributed by atoms with van der Waals surface area (Å²) in [6, 6.07) is 5.83. The highest BCUT2D eigenvalue weighted by molar-refractivity contribution is 5.77. The van der Waals surface area contributed by atoms with Crippen LogP contribution in [0.15, 0.2) is 18.2 Å². The van der Waals surface area contributed by atoms with E-state index in [4.69, 9.17) is 9.47 Å². The molecule has 1 fully saturated rings. The summed E-state index contributed by atoms with van der Waals surface area (Å²) in [6.07, 6.45) is 3.61. The lowest BCUT2D eigenvalue weighted by atomic mass is 9.88. The lowest BCUT2D eigenvalue weighted by molar-refractivity contribution is -0.123. The molecule has 0 bridgehead atoms. The van der Waals surface area contributed by atoms with Gasteiger partial charge in [0.1, 0.15) is 17.1 Å². The van der Waals surface area contributed by atoms with Crippen molar-refractivity contribution in [1.29, 1.82) is 0 Å². The fourth-order valence-electron chi connectivity index (χ4n) is 3.87. The summed E-state index contributed by atoms with van der Waals surface area (Å²) in [5.74, 6) is 2.23. The molecular formula is C20H30N2O3. The first-order valence-corrected chi connectivity index (χ1v) is 9.21. The Balaban J connectivity index is 1.68. The maximum absolute atomic E-state index is 12.6. The zero-order valence-corrected chi connectivity index (χ0v) is 15.8. The Morgan fingerprint density at radius 2 is 2.08 bits per heavy atom. The molecule has 2 aliphatic rings. The van der Waals surface area contributed by atoms with Crippen LogP contribution >= 0.6 is 0 Å². The van der Waals surface area contributed by atoms with Crippen LogP contribution in [0, 0.1) is 5.92 Å². The molecule has 25 heavy (non-hydrogen) atoms. The van der Waals surface area contributed by atoms with Gasteiger partial charge in [0, 0.05) is 24.5 Å². The number of methoxy groups -OCH3 is 1. The first kappa shape index (κ1) is 18.1. The standard InChI is InChI=1S/C20H30N2O3/c1-20(2)13-17(16-6-5-15(24-4)12-18(16)25-20)21-19(23)11-14-7-9-22(3)10-8-14/h5-6,12,14,17H,7-11,13H2,1-4H3,(H,21,23)/t17-/m0/s1. The van der Waals surface area contributed by atoms with E-state index >= 15 is 0 Å². The molecule has 0 spiro atoms. The summed E-state index contributed by atoms with van der Waals surface area (Å²) in [5, 5.41) is 3.25. The molecule has 1 atom stereocenters. The highest BCUT2D eigenvalue weighted by Crippen LogP contribution is 2.41. The van der Waals surface area contributed by atoms with Gasteiger partial charge in [-0.3, -0.25) is 4.79 Å². The normalized spacial score (nSPS) is 23.4.